The maximum absolute atomic E-state index is 11.6. The van der Waals surface area contributed by atoms with Crippen LogP contribution in [0.5, 0.6) is 0 Å². The lowest BCUT2D eigenvalue weighted by Crippen LogP contribution is -2.35. The van der Waals surface area contributed by atoms with Crippen molar-refractivity contribution in [2.75, 3.05) is 24.2 Å². The van der Waals surface area contributed by atoms with Crippen LogP contribution >= 0.6 is 0 Å². The molecule has 17 heavy (non-hydrogen) atoms. The number of ketones is 1. The number of carbonyl (C=O) groups excluding carboxylic acids is 1. The highest BCUT2D eigenvalue weighted by Gasteiger charge is 2.23. The van der Waals surface area contributed by atoms with Gasteiger partial charge in [-0.3, -0.25) is 4.79 Å². The summed E-state index contributed by atoms with van der Waals surface area (Å²) in [5.74, 6) is 0.681. The van der Waals surface area contributed by atoms with Crippen molar-refractivity contribution in [1.29, 1.82) is 0 Å². The summed E-state index contributed by atoms with van der Waals surface area (Å²) in [7, 11) is -3.29. The van der Waals surface area contributed by atoms with Crippen LogP contribution in [-0.2, 0) is 14.6 Å². The third kappa shape index (κ3) is 2.63. The summed E-state index contributed by atoms with van der Waals surface area (Å²) in [6.45, 7) is 1.08. The lowest BCUT2D eigenvalue weighted by Gasteiger charge is -2.28. The van der Waals surface area contributed by atoms with Crippen LogP contribution in [-0.4, -0.2) is 38.5 Å². The summed E-state index contributed by atoms with van der Waals surface area (Å²) >= 11 is 0. The molecule has 1 aromatic rings. The van der Waals surface area contributed by atoms with Crippen LogP contribution in [0.25, 0.3) is 0 Å². The van der Waals surface area contributed by atoms with Gasteiger partial charge in [0.05, 0.1) is 0 Å². The number of piperidine rings is 1. The van der Waals surface area contributed by atoms with E-state index in [2.05, 4.69) is 4.98 Å². The molecule has 5 nitrogen and oxygen atoms in total. The smallest absolute Gasteiger partial charge is 0.179 e. The van der Waals surface area contributed by atoms with E-state index in [1.165, 1.54) is 6.26 Å². The molecule has 1 aliphatic rings. The highest BCUT2D eigenvalue weighted by Crippen LogP contribution is 2.24. The Labute approximate surface area is 100 Å². The van der Waals surface area contributed by atoms with Crippen molar-refractivity contribution >= 4 is 21.4 Å². The van der Waals surface area contributed by atoms with Gasteiger partial charge in [-0.2, -0.15) is 0 Å². The molecule has 1 aliphatic heterocycles. The van der Waals surface area contributed by atoms with Gasteiger partial charge in [-0.1, -0.05) is 0 Å². The van der Waals surface area contributed by atoms with Gasteiger partial charge in [-0.15, -0.1) is 0 Å². The van der Waals surface area contributed by atoms with Crippen LogP contribution in [0.3, 0.4) is 0 Å². The molecular weight excluding hydrogens is 240 g/mol. The van der Waals surface area contributed by atoms with E-state index in [4.69, 9.17) is 0 Å². The normalized spacial score (nSPS) is 17.2. The molecule has 0 N–H and O–H groups in total. The van der Waals surface area contributed by atoms with Crippen LogP contribution in [0.4, 0.5) is 5.82 Å². The van der Waals surface area contributed by atoms with E-state index in [0.29, 0.717) is 31.7 Å². The summed E-state index contributed by atoms with van der Waals surface area (Å²) in [6, 6.07) is 3.16. The lowest BCUT2D eigenvalue weighted by atomic mass is 10.1. The third-order valence-electron chi connectivity index (χ3n) is 2.77. The molecule has 1 fully saturated rings. The average Bonchev–Trinajstić information content (AvgIpc) is 2.29. The highest BCUT2D eigenvalue weighted by molar-refractivity contribution is 7.90. The molecule has 1 aromatic heterocycles. The van der Waals surface area contributed by atoms with Crippen molar-refractivity contribution in [3.63, 3.8) is 0 Å². The van der Waals surface area contributed by atoms with Crippen LogP contribution in [0, 0.1) is 0 Å². The van der Waals surface area contributed by atoms with E-state index >= 15 is 0 Å². The Kier molecular flexibility index (Phi) is 3.15. The summed E-state index contributed by atoms with van der Waals surface area (Å²) in [5.41, 5.74) is 0. The van der Waals surface area contributed by atoms with Crippen molar-refractivity contribution in [2.45, 2.75) is 17.7 Å². The summed E-state index contributed by atoms with van der Waals surface area (Å²) < 4.78 is 23.3. The van der Waals surface area contributed by atoms with Crippen molar-refractivity contribution in [2.24, 2.45) is 0 Å². The molecule has 92 valence electrons. The topological polar surface area (TPSA) is 67.3 Å². The molecule has 2 rings (SSSR count). The maximum Gasteiger partial charge on any atom is 0.179 e. The van der Waals surface area contributed by atoms with E-state index in [0.717, 1.165) is 0 Å². The monoisotopic (exact) mass is 254 g/mol. The lowest BCUT2D eigenvalue weighted by molar-refractivity contribution is -0.119. The average molecular weight is 254 g/mol. The number of anilines is 1. The van der Waals surface area contributed by atoms with E-state index in [9.17, 15) is 13.2 Å². The van der Waals surface area contributed by atoms with E-state index < -0.39 is 9.84 Å². The van der Waals surface area contributed by atoms with E-state index in [-0.39, 0.29) is 10.7 Å². The summed E-state index contributed by atoms with van der Waals surface area (Å²) in [6.07, 6.45) is 3.66. The SMILES string of the molecule is CS(=O)(=O)c1cccnc1N1CCC(=O)CC1. The minimum Gasteiger partial charge on any atom is -0.355 e. The number of sulfone groups is 1. The van der Waals surface area contributed by atoms with Gasteiger partial charge in [0.25, 0.3) is 0 Å². The van der Waals surface area contributed by atoms with Crippen LogP contribution in [0.2, 0.25) is 0 Å². The number of pyridine rings is 1. The minimum atomic E-state index is -3.29. The first-order chi connectivity index (χ1) is 7.98. The number of hydrogen-bond acceptors (Lipinski definition) is 5. The number of Topliss-reactive ketones (excluding diaryl/α,β-unsaturated/α-hetero) is 1. The summed E-state index contributed by atoms with van der Waals surface area (Å²) in [5, 5.41) is 0. The molecule has 0 saturated carbocycles. The molecule has 0 bridgehead atoms. The number of rotatable bonds is 2. The first-order valence-corrected chi connectivity index (χ1v) is 7.29. The first kappa shape index (κ1) is 12.0. The second kappa shape index (κ2) is 4.44. The van der Waals surface area contributed by atoms with Gasteiger partial charge in [0, 0.05) is 38.4 Å². The molecule has 0 unspecified atom stereocenters. The number of nitrogens with zero attached hydrogens (tertiary/aromatic N) is 2. The predicted octanol–water partition coefficient (Wildman–Crippen LogP) is 0.654. The fourth-order valence-corrected chi connectivity index (χ4v) is 2.72. The quantitative estimate of drug-likeness (QED) is 0.775. The molecule has 1 saturated heterocycles. The molecule has 0 aliphatic carbocycles. The van der Waals surface area contributed by atoms with Crippen LogP contribution in [0.1, 0.15) is 12.8 Å². The Morgan fingerprint density at radius 3 is 2.53 bits per heavy atom. The zero-order chi connectivity index (χ0) is 12.5. The van der Waals surface area contributed by atoms with Gasteiger partial charge in [-0.25, -0.2) is 13.4 Å². The maximum atomic E-state index is 11.6. The number of aromatic nitrogens is 1. The number of hydrogen-bond donors (Lipinski definition) is 0. The molecule has 6 heteroatoms. The molecule has 2 heterocycles. The van der Waals surface area contributed by atoms with Crippen molar-refractivity contribution in [1.82, 2.24) is 4.98 Å². The van der Waals surface area contributed by atoms with Crippen LogP contribution in [0.15, 0.2) is 23.2 Å². The Morgan fingerprint density at radius 2 is 1.94 bits per heavy atom. The van der Waals surface area contributed by atoms with Crippen molar-refractivity contribution in [3.05, 3.63) is 18.3 Å². The zero-order valence-electron chi connectivity index (χ0n) is 9.59. The molecule has 0 radical (unpaired) electrons. The molecule has 0 atom stereocenters. The van der Waals surface area contributed by atoms with Gasteiger partial charge < -0.3 is 4.90 Å². The largest absolute Gasteiger partial charge is 0.355 e. The van der Waals surface area contributed by atoms with Gasteiger partial charge >= 0.3 is 0 Å². The fraction of sp³-hybridized carbons (Fsp3) is 0.455. The second-order valence-corrected chi connectivity index (χ2v) is 6.11. The Balaban J connectivity index is 2.36. The number of carbonyl (C=O) groups is 1. The van der Waals surface area contributed by atoms with Gasteiger partial charge in [0.2, 0.25) is 0 Å². The van der Waals surface area contributed by atoms with Crippen molar-refractivity contribution < 1.29 is 13.2 Å². The Bertz CT molecular complexity index is 529. The second-order valence-electron chi connectivity index (χ2n) is 4.12. The Hall–Kier alpha value is -1.43. The fourth-order valence-electron chi connectivity index (χ4n) is 1.88. The Morgan fingerprint density at radius 1 is 1.29 bits per heavy atom. The molecule has 0 spiro atoms. The predicted molar refractivity (Wildman–Crippen MR) is 63.8 cm³/mol. The highest BCUT2D eigenvalue weighted by atomic mass is 32.2. The first-order valence-electron chi connectivity index (χ1n) is 5.40. The van der Waals surface area contributed by atoms with Crippen molar-refractivity contribution in [3.8, 4) is 0 Å². The zero-order valence-corrected chi connectivity index (χ0v) is 10.4. The molecule has 0 amide bonds. The molecular formula is C11H14N2O3S. The van der Waals surface area contributed by atoms with Crippen LogP contribution < -0.4 is 4.90 Å². The van der Waals surface area contributed by atoms with Gasteiger partial charge in [0.15, 0.2) is 9.84 Å². The minimum absolute atomic E-state index is 0.220. The third-order valence-corrected chi connectivity index (χ3v) is 3.89. The summed E-state index contributed by atoms with van der Waals surface area (Å²) in [4.78, 5) is 17.4. The molecule has 0 aromatic carbocycles. The van der Waals surface area contributed by atoms with E-state index in [1.807, 2.05) is 4.90 Å². The van der Waals surface area contributed by atoms with E-state index in [1.54, 1.807) is 18.3 Å². The van der Waals surface area contributed by atoms with Gasteiger partial charge in [0.1, 0.15) is 16.5 Å². The van der Waals surface area contributed by atoms with Gasteiger partial charge in [-0.05, 0) is 12.1 Å². The standard InChI is InChI=1S/C11H14N2O3S/c1-17(15,16)10-3-2-6-12-11(10)13-7-4-9(14)5-8-13/h2-3,6H,4-5,7-8H2,1H3.